The van der Waals surface area contributed by atoms with Crippen LogP contribution in [0.4, 0.5) is 0 Å². The Balaban J connectivity index is 1.49. The van der Waals surface area contributed by atoms with Gasteiger partial charge in [0.25, 0.3) is 0 Å². The number of aliphatic hydroxyl groups is 1. The summed E-state index contributed by atoms with van der Waals surface area (Å²) < 4.78 is 5.42. The zero-order valence-corrected chi connectivity index (χ0v) is 12.8. The van der Waals surface area contributed by atoms with Gasteiger partial charge in [0.2, 0.25) is 5.89 Å². The number of nitrogens with zero attached hydrogens (tertiary/aromatic N) is 2. The molecule has 4 nitrogen and oxygen atoms in total. The molecule has 3 rings (SSSR count). The molecule has 20 heavy (non-hydrogen) atoms. The second-order valence-corrected chi connectivity index (χ2v) is 7.41. The van der Waals surface area contributed by atoms with Crippen molar-refractivity contribution in [1.82, 2.24) is 10.1 Å². The molecule has 2 fully saturated rings. The summed E-state index contributed by atoms with van der Waals surface area (Å²) in [6.07, 6.45) is 10.4. The zero-order valence-electron chi connectivity index (χ0n) is 12.0. The third kappa shape index (κ3) is 3.76. The van der Waals surface area contributed by atoms with E-state index in [2.05, 4.69) is 10.1 Å². The van der Waals surface area contributed by atoms with Gasteiger partial charge in [-0.05, 0) is 38.5 Å². The Bertz CT molecular complexity index is 410. The molecule has 0 atom stereocenters. The van der Waals surface area contributed by atoms with Crippen LogP contribution in [0.3, 0.4) is 0 Å². The molecule has 5 heteroatoms. The van der Waals surface area contributed by atoms with Gasteiger partial charge < -0.3 is 9.63 Å². The molecule has 0 radical (unpaired) electrons. The number of hydrogen-bond acceptors (Lipinski definition) is 5. The molecule has 1 aromatic heterocycles. The van der Waals surface area contributed by atoms with Gasteiger partial charge in [0.1, 0.15) is 0 Å². The van der Waals surface area contributed by atoms with Gasteiger partial charge in [0.15, 0.2) is 5.82 Å². The maximum absolute atomic E-state index is 9.54. The molecule has 1 aromatic rings. The molecule has 2 saturated carbocycles. The van der Waals surface area contributed by atoms with Crippen molar-refractivity contribution < 1.29 is 9.63 Å². The smallest absolute Gasteiger partial charge is 0.229 e. The van der Waals surface area contributed by atoms with E-state index in [-0.39, 0.29) is 6.10 Å². The second-order valence-electron chi connectivity index (χ2n) is 6.13. The maximum Gasteiger partial charge on any atom is 0.229 e. The summed E-state index contributed by atoms with van der Waals surface area (Å²) in [4.78, 5) is 4.56. The van der Waals surface area contributed by atoms with E-state index < -0.39 is 0 Å². The summed E-state index contributed by atoms with van der Waals surface area (Å²) in [6.45, 7) is 0. The van der Waals surface area contributed by atoms with E-state index in [0.717, 1.165) is 48.4 Å². The molecule has 2 aliphatic carbocycles. The lowest BCUT2D eigenvalue weighted by Crippen LogP contribution is -2.17. The van der Waals surface area contributed by atoms with Crippen molar-refractivity contribution in [1.29, 1.82) is 0 Å². The van der Waals surface area contributed by atoms with Gasteiger partial charge in [-0.1, -0.05) is 24.4 Å². The SMILES string of the molecule is OC1CCC(c2nc(CSC3CCCCC3)no2)CC1. The van der Waals surface area contributed by atoms with Gasteiger partial charge in [-0.3, -0.25) is 0 Å². The van der Waals surface area contributed by atoms with Crippen molar-refractivity contribution in [2.24, 2.45) is 0 Å². The van der Waals surface area contributed by atoms with Gasteiger partial charge >= 0.3 is 0 Å². The molecular weight excluding hydrogens is 272 g/mol. The van der Waals surface area contributed by atoms with E-state index in [1.165, 1.54) is 32.1 Å². The highest BCUT2D eigenvalue weighted by Crippen LogP contribution is 2.33. The van der Waals surface area contributed by atoms with Crippen molar-refractivity contribution in [3.63, 3.8) is 0 Å². The molecule has 112 valence electrons. The monoisotopic (exact) mass is 296 g/mol. The Labute approximate surface area is 124 Å². The van der Waals surface area contributed by atoms with Crippen LogP contribution in [-0.4, -0.2) is 26.6 Å². The van der Waals surface area contributed by atoms with E-state index in [0.29, 0.717) is 5.92 Å². The minimum absolute atomic E-state index is 0.129. The zero-order chi connectivity index (χ0) is 13.8. The van der Waals surface area contributed by atoms with E-state index in [1.54, 1.807) is 0 Å². The quantitative estimate of drug-likeness (QED) is 0.919. The fraction of sp³-hybridized carbons (Fsp3) is 0.867. The average Bonchev–Trinajstić information content (AvgIpc) is 2.96. The number of aromatic nitrogens is 2. The molecule has 0 unspecified atom stereocenters. The normalized spacial score (nSPS) is 28.6. The van der Waals surface area contributed by atoms with E-state index in [9.17, 15) is 5.11 Å². The predicted octanol–water partition coefficient (Wildman–Crippen LogP) is 3.65. The number of rotatable bonds is 4. The lowest BCUT2D eigenvalue weighted by molar-refractivity contribution is 0.116. The first-order chi connectivity index (χ1) is 9.81. The van der Waals surface area contributed by atoms with Crippen LogP contribution < -0.4 is 0 Å². The number of thioether (sulfide) groups is 1. The van der Waals surface area contributed by atoms with E-state index in [4.69, 9.17) is 4.52 Å². The number of hydrogen-bond donors (Lipinski definition) is 1. The van der Waals surface area contributed by atoms with Crippen LogP contribution >= 0.6 is 11.8 Å². The van der Waals surface area contributed by atoms with Gasteiger partial charge in [-0.15, -0.1) is 0 Å². The molecule has 0 aliphatic heterocycles. The lowest BCUT2D eigenvalue weighted by atomic mass is 9.87. The van der Waals surface area contributed by atoms with Crippen LogP contribution in [0.25, 0.3) is 0 Å². The highest BCUT2D eigenvalue weighted by molar-refractivity contribution is 7.99. The highest BCUT2D eigenvalue weighted by atomic mass is 32.2. The summed E-state index contributed by atoms with van der Waals surface area (Å²) in [6, 6.07) is 0. The number of aliphatic hydroxyl groups excluding tert-OH is 1. The molecule has 0 saturated heterocycles. The van der Waals surface area contributed by atoms with Crippen LogP contribution in [0.5, 0.6) is 0 Å². The van der Waals surface area contributed by atoms with Crippen molar-refractivity contribution in [3.05, 3.63) is 11.7 Å². The average molecular weight is 296 g/mol. The van der Waals surface area contributed by atoms with Crippen molar-refractivity contribution in [2.75, 3.05) is 0 Å². The van der Waals surface area contributed by atoms with Crippen LogP contribution in [0.15, 0.2) is 4.52 Å². The highest BCUT2D eigenvalue weighted by Gasteiger charge is 2.25. The third-order valence-corrected chi connectivity index (χ3v) is 5.90. The van der Waals surface area contributed by atoms with Crippen molar-refractivity contribution in [3.8, 4) is 0 Å². The summed E-state index contributed by atoms with van der Waals surface area (Å²) >= 11 is 1.99. The summed E-state index contributed by atoms with van der Waals surface area (Å²) in [5, 5.41) is 14.5. The summed E-state index contributed by atoms with van der Waals surface area (Å²) in [7, 11) is 0. The second kappa shape index (κ2) is 6.94. The Hall–Kier alpha value is -0.550. The first kappa shape index (κ1) is 14.4. The fourth-order valence-electron chi connectivity index (χ4n) is 3.24. The lowest BCUT2D eigenvalue weighted by Gasteiger charge is -2.22. The first-order valence-corrected chi connectivity index (χ1v) is 8.98. The Morgan fingerprint density at radius 2 is 1.80 bits per heavy atom. The molecule has 0 spiro atoms. The minimum Gasteiger partial charge on any atom is -0.393 e. The predicted molar refractivity (Wildman–Crippen MR) is 79.7 cm³/mol. The standard InChI is InChI=1S/C15H24N2O2S/c18-12-8-6-11(7-9-12)15-16-14(17-19-15)10-20-13-4-2-1-3-5-13/h11-13,18H,1-10H2. The van der Waals surface area contributed by atoms with Gasteiger partial charge in [-0.25, -0.2) is 0 Å². The Morgan fingerprint density at radius 1 is 1.05 bits per heavy atom. The minimum atomic E-state index is -0.129. The Morgan fingerprint density at radius 3 is 2.55 bits per heavy atom. The molecule has 0 amide bonds. The molecule has 1 heterocycles. The molecule has 1 N–H and O–H groups in total. The van der Waals surface area contributed by atoms with Crippen LogP contribution in [-0.2, 0) is 5.75 Å². The summed E-state index contributed by atoms with van der Waals surface area (Å²) in [5.41, 5.74) is 0. The summed E-state index contributed by atoms with van der Waals surface area (Å²) in [5.74, 6) is 2.88. The van der Waals surface area contributed by atoms with Crippen LogP contribution in [0.1, 0.15) is 75.4 Å². The largest absolute Gasteiger partial charge is 0.393 e. The molecule has 2 aliphatic rings. The first-order valence-electron chi connectivity index (χ1n) is 7.93. The van der Waals surface area contributed by atoms with E-state index >= 15 is 0 Å². The van der Waals surface area contributed by atoms with Gasteiger partial charge in [0, 0.05) is 11.2 Å². The third-order valence-electron chi connectivity index (χ3n) is 4.53. The van der Waals surface area contributed by atoms with E-state index in [1.807, 2.05) is 11.8 Å². The fourth-order valence-corrected chi connectivity index (χ4v) is 4.41. The van der Waals surface area contributed by atoms with Gasteiger partial charge in [0.05, 0.1) is 11.9 Å². The molecule has 0 bridgehead atoms. The van der Waals surface area contributed by atoms with Crippen LogP contribution in [0, 0.1) is 0 Å². The topological polar surface area (TPSA) is 59.2 Å². The van der Waals surface area contributed by atoms with Crippen LogP contribution in [0.2, 0.25) is 0 Å². The maximum atomic E-state index is 9.54. The van der Waals surface area contributed by atoms with Gasteiger partial charge in [-0.2, -0.15) is 16.7 Å². The Kier molecular flexibility index (Phi) is 4.99. The molecular formula is C15H24N2O2S. The van der Waals surface area contributed by atoms with Crippen molar-refractivity contribution in [2.45, 2.75) is 80.8 Å². The van der Waals surface area contributed by atoms with Crippen molar-refractivity contribution >= 4 is 11.8 Å². The molecule has 0 aromatic carbocycles.